The zero-order chi connectivity index (χ0) is 18.8. The van der Waals surface area contributed by atoms with Crippen LogP contribution in [0.1, 0.15) is 12.0 Å². The summed E-state index contributed by atoms with van der Waals surface area (Å²) in [6.45, 7) is 1.03. The molecule has 140 valence electrons. The Kier molecular flexibility index (Phi) is 7.76. The van der Waals surface area contributed by atoms with Crippen molar-refractivity contribution in [2.75, 3.05) is 27.4 Å². The van der Waals surface area contributed by atoms with Gasteiger partial charge in [-0.3, -0.25) is 0 Å². The van der Waals surface area contributed by atoms with Gasteiger partial charge in [0.1, 0.15) is 17.2 Å². The van der Waals surface area contributed by atoms with E-state index in [2.05, 4.69) is 0 Å². The molecule has 0 bridgehead atoms. The van der Waals surface area contributed by atoms with Crippen molar-refractivity contribution >= 4 is 5.97 Å². The lowest BCUT2D eigenvalue weighted by atomic mass is 10.1. The third-order valence-electron chi connectivity index (χ3n) is 3.75. The number of carbonyl (C=O) groups is 1. The highest BCUT2D eigenvalue weighted by molar-refractivity contribution is 5.72. The van der Waals surface area contributed by atoms with Gasteiger partial charge in [-0.1, -0.05) is 18.2 Å². The molecule has 2 aromatic rings. The quantitative estimate of drug-likeness (QED) is 0.621. The van der Waals surface area contributed by atoms with E-state index in [-0.39, 0.29) is 0 Å². The van der Waals surface area contributed by atoms with Crippen molar-refractivity contribution in [3.05, 3.63) is 54.1 Å². The number of benzene rings is 2. The van der Waals surface area contributed by atoms with Crippen molar-refractivity contribution in [2.45, 2.75) is 18.9 Å². The van der Waals surface area contributed by atoms with Crippen LogP contribution in [0.4, 0.5) is 0 Å². The molecule has 0 saturated carbocycles. The van der Waals surface area contributed by atoms with Gasteiger partial charge in [0.25, 0.3) is 0 Å². The molecule has 1 N–H and O–H groups in total. The van der Waals surface area contributed by atoms with Crippen LogP contribution in [0.25, 0.3) is 0 Å². The first kappa shape index (κ1) is 19.6. The van der Waals surface area contributed by atoms with Crippen LogP contribution in [0.3, 0.4) is 0 Å². The fraction of sp³-hybridized carbons (Fsp3) is 0.350. The predicted molar refractivity (Wildman–Crippen MR) is 97.2 cm³/mol. The summed E-state index contributed by atoms with van der Waals surface area (Å²) in [6, 6.07) is 14.8. The number of carboxylic acids is 1. The molecule has 0 fully saturated rings. The molecule has 0 aromatic heterocycles. The molecule has 1 unspecified atom stereocenters. The molecule has 6 nitrogen and oxygen atoms in total. The second-order valence-electron chi connectivity index (χ2n) is 5.64. The molecule has 0 aliphatic heterocycles. The molecule has 26 heavy (non-hydrogen) atoms. The van der Waals surface area contributed by atoms with Gasteiger partial charge in [-0.2, -0.15) is 0 Å². The number of ether oxygens (including phenoxy) is 4. The second kappa shape index (κ2) is 10.3. The summed E-state index contributed by atoms with van der Waals surface area (Å²) in [4.78, 5) is 11.0. The molecule has 0 spiro atoms. The Labute approximate surface area is 153 Å². The molecule has 2 rings (SSSR count). The highest BCUT2D eigenvalue weighted by atomic mass is 16.5. The Morgan fingerprint density at radius 1 is 0.962 bits per heavy atom. The van der Waals surface area contributed by atoms with Gasteiger partial charge in [0.05, 0.1) is 20.3 Å². The van der Waals surface area contributed by atoms with Gasteiger partial charge in [0.15, 0.2) is 6.10 Å². The van der Waals surface area contributed by atoms with Crippen LogP contribution < -0.4 is 14.2 Å². The van der Waals surface area contributed by atoms with E-state index in [0.29, 0.717) is 25.4 Å². The van der Waals surface area contributed by atoms with Gasteiger partial charge in [0, 0.05) is 26.0 Å². The number of hydrogen-bond acceptors (Lipinski definition) is 5. The van der Waals surface area contributed by atoms with Crippen molar-refractivity contribution in [2.24, 2.45) is 0 Å². The van der Waals surface area contributed by atoms with Gasteiger partial charge < -0.3 is 24.1 Å². The third kappa shape index (κ3) is 6.29. The Morgan fingerprint density at radius 3 is 2.19 bits per heavy atom. The molecule has 0 aliphatic rings. The first-order valence-corrected chi connectivity index (χ1v) is 8.36. The van der Waals surface area contributed by atoms with E-state index in [1.165, 1.54) is 7.11 Å². The van der Waals surface area contributed by atoms with Gasteiger partial charge in [-0.05, 0) is 29.8 Å². The SMILES string of the molecule is COc1cccc(OCCCOc2cccc(CC(OC)C(=O)O)c2)c1. The smallest absolute Gasteiger partial charge is 0.333 e. The number of carboxylic acid groups (broad SMARTS) is 1. The number of methoxy groups -OCH3 is 2. The molecule has 1 atom stereocenters. The lowest BCUT2D eigenvalue weighted by molar-refractivity contribution is -0.148. The summed E-state index contributed by atoms with van der Waals surface area (Å²) in [5.41, 5.74) is 0.851. The molecule has 2 aromatic carbocycles. The normalized spacial score (nSPS) is 11.6. The summed E-state index contributed by atoms with van der Waals surface area (Å²) in [5, 5.41) is 9.05. The fourth-order valence-electron chi connectivity index (χ4n) is 2.38. The predicted octanol–water partition coefficient (Wildman–Crippen LogP) is 3.19. The molecule has 0 aliphatic carbocycles. The van der Waals surface area contributed by atoms with Crippen LogP contribution in [-0.2, 0) is 16.0 Å². The molecule has 0 saturated heterocycles. The maximum absolute atomic E-state index is 11.0. The van der Waals surface area contributed by atoms with Crippen molar-refractivity contribution in [1.29, 1.82) is 0 Å². The summed E-state index contributed by atoms with van der Waals surface area (Å²) in [6.07, 6.45) is 0.153. The minimum atomic E-state index is -0.978. The number of aliphatic carboxylic acids is 1. The molecular weight excluding hydrogens is 336 g/mol. The lowest BCUT2D eigenvalue weighted by Gasteiger charge is -2.12. The first-order chi connectivity index (χ1) is 12.6. The molecule has 0 radical (unpaired) electrons. The Balaban J connectivity index is 1.75. The number of rotatable bonds is 11. The number of hydrogen-bond donors (Lipinski definition) is 1. The van der Waals surface area contributed by atoms with E-state index in [1.54, 1.807) is 7.11 Å². The zero-order valence-corrected chi connectivity index (χ0v) is 15.0. The van der Waals surface area contributed by atoms with E-state index in [0.717, 1.165) is 23.5 Å². The topological polar surface area (TPSA) is 74.2 Å². The van der Waals surface area contributed by atoms with Crippen molar-refractivity contribution in [3.8, 4) is 17.2 Å². The fourth-order valence-corrected chi connectivity index (χ4v) is 2.38. The molecule has 0 amide bonds. The molecule has 6 heteroatoms. The Morgan fingerprint density at radius 2 is 1.58 bits per heavy atom. The van der Waals surface area contributed by atoms with E-state index < -0.39 is 12.1 Å². The van der Waals surface area contributed by atoms with Gasteiger partial charge in [-0.25, -0.2) is 4.79 Å². The van der Waals surface area contributed by atoms with Crippen LogP contribution >= 0.6 is 0 Å². The van der Waals surface area contributed by atoms with Crippen LogP contribution in [-0.4, -0.2) is 44.6 Å². The monoisotopic (exact) mass is 360 g/mol. The van der Waals surface area contributed by atoms with Crippen molar-refractivity contribution in [1.82, 2.24) is 0 Å². The van der Waals surface area contributed by atoms with Gasteiger partial charge in [0.2, 0.25) is 0 Å². The van der Waals surface area contributed by atoms with E-state index in [9.17, 15) is 4.79 Å². The van der Waals surface area contributed by atoms with Gasteiger partial charge >= 0.3 is 5.97 Å². The Bertz CT molecular complexity index is 700. The minimum Gasteiger partial charge on any atom is -0.497 e. The highest BCUT2D eigenvalue weighted by Gasteiger charge is 2.16. The van der Waals surface area contributed by atoms with Gasteiger partial charge in [-0.15, -0.1) is 0 Å². The first-order valence-electron chi connectivity index (χ1n) is 8.36. The zero-order valence-electron chi connectivity index (χ0n) is 15.0. The molecule has 0 heterocycles. The van der Waals surface area contributed by atoms with Crippen LogP contribution in [0.5, 0.6) is 17.2 Å². The average Bonchev–Trinajstić information content (AvgIpc) is 2.66. The summed E-state index contributed by atoms with van der Waals surface area (Å²) >= 11 is 0. The average molecular weight is 360 g/mol. The Hall–Kier alpha value is -2.73. The maximum atomic E-state index is 11.0. The van der Waals surface area contributed by atoms with E-state index in [4.69, 9.17) is 24.1 Å². The highest BCUT2D eigenvalue weighted by Crippen LogP contribution is 2.19. The standard InChI is InChI=1S/C20H24O6/c1-23-16-7-4-9-18(14-16)26-11-5-10-25-17-8-3-6-15(12-17)13-19(24-2)20(21)22/h3-4,6-9,12,14,19H,5,10-11,13H2,1-2H3,(H,21,22). The maximum Gasteiger partial charge on any atom is 0.333 e. The van der Waals surface area contributed by atoms with E-state index in [1.807, 2.05) is 48.5 Å². The van der Waals surface area contributed by atoms with Crippen LogP contribution in [0.2, 0.25) is 0 Å². The van der Waals surface area contributed by atoms with Crippen LogP contribution in [0.15, 0.2) is 48.5 Å². The summed E-state index contributed by atoms with van der Waals surface area (Å²) in [5.74, 6) is 1.23. The lowest BCUT2D eigenvalue weighted by Crippen LogP contribution is -2.24. The largest absolute Gasteiger partial charge is 0.497 e. The van der Waals surface area contributed by atoms with E-state index >= 15 is 0 Å². The van der Waals surface area contributed by atoms with Crippen molar-refractivity contribution in [3.63, 3.8) is 0 Å². The second-order valence-corrected chi connectivity index (χ2v) is 5.64. The summed E-state index contributed by atoms with van der Waals surface area (Å²) < 4.78 is 21.5. The third-order valence-corrected chi connectivity index (χ3v) is 3.75. The van der Waals surface area contributed by atoms with Crippen molar-refractivity contribution < 1.29 is 28.8 Å². The minimum absolute atomic E-state index is 0.294. The van der Waals surface area contributed by atoms with Crippen LogP contribution in [0, 0.1) is 0 Å². The summed E-state index contributed by atoms with van der Waals surface area (Å²) in [7, 11) is 3.01. The molecular formula is C20H24O6.